The van der Waals surface area contributed by atoms with Crippen LogP contribution in [0, 0.1) is 11.8 Å². The lowest BCUT2D eigenvalue weighted by Crippen LogP contribution is -2.44. The molecule has 1 aliphatic rings. The van der Waals surface area contributed by atoms with Crippen LogP contribution in [0.2, 0.25) is 0 Å². The molecule has 1 aromatic carbocycles. The van der Waals surface area contributed by atoms with Crippen molar-refractivity contribution in [2.24, 2.45) is 11.8 Å². The van der Waals surface area contributed by atoms with Gasteiger partial charge in [-0.05, 0) is 30.2 Å². The summed E-state index contributed by atoms with van der Waals surface area (Å²) in [7, 11) is 0. The summed E-state index contributed by atoms with van der Waals surface area (Å²) >= 11 is 1.38. The molecule has 0 saturated heterocycles. The number of hydrogen-bond acceptors (Lipinski definition) is 4. The molecule has 2 aromatic rings. The standard InChI is InChI=1S/C20H28N4OS/c1-4-15-8-10-16(11-9-15)19-22-20(24-23-19)26-12-18(25)21-17-7-5-6-13(2)14(17)3/h8-11,13-14,17H,4-7,12H2,1-3H3,(H,21,25)(H,22,23,24)/t13-,14+,17+/m1/s1. The molecule has 1 amide bonds. The van der Waals surface area contributed by atoms with Gasteiger partial charge in [-0.1, -0.05) is 69.6 Å². The lowest BCUT2D eigenvalue weighted by atomic mass is 9.78. The summed E-state index contributed by atoms with van der Waals surface area (Å²) < 4.78 is 0. The normalized spacial score (nSPS) is 23.0. The number of nitrogens with one attached hydrogen (secondary N) is 2. The number of rotatable bonds is 6. The lowest BCUT2D eigenvalue weighted by molar-refractivity contribution is -0.120. The fraction of sp³-hybridized carbons (Fsp3) is 0.550. The van der Waals surface area contributed by atoms with E-state index in [0.29, 0.717) is 28.8 Å². The first-order chi connectivity index (χ1) is 12.6. The highest BCUT2D eigenvalue weighted by Crippen LogP contribution is 2.29. The fourth-order valence-electron chi connectivity index (χ4n) is 3.50. The van der Waals surface area contributed by atoms with Crippen LogP contribution in [0.15, 0.2) is 29.4 Å². The Hall–Kier alpha value is -1.82. The van der Waals surface area contributed by atoms with E-state index in [0.717, 1.165) is 24.2 Å². The number of aryl methyl sites for hydroxylation is 1. The fourth-order valence-corrected chi connectivity index (χ4v) is 4.11. The topological polar surface area (TPSA) is 70.7 Å². The number of carbonyl (C=O) groups excluding carboxylic acids is 1. The van der Waals surface area contributed by atoms with E-state index in [1.165, 1.54) is 30.2 Å². The summed E-state index contributed by atoms with van der Waals surface area (Å²) in [5.74, 6) is 2.38. The molecule has 0 unspecified atom stereocenters. The number of amides is 1. The third-order valence-corrected chi connectivity index (χ3v) is 6.33. The van der Waals surface area contributed by atoms with Crippen LogP contribution in [0.4, 0.5) is 0 Å². The van der Waals surface area contributed by atoms with Crippen molar-refractivity contribution in [3.05, 3.63) is 29.8 Å². The number of aromatic amines is 1. The average molecular weight is 373 g/mol. The van der Waals surface area contributed by atoms with Gasteiger partial charge in [-0.25, -0.2) is 4.98 Å². The minimum atomic E-state index is 0.0691. The van der Waals surface area contributed by atoms with Crippen molar-refractivity contribution < 1.29 is 4.79 Å². The van der Waals surface area contributed by atoms with Crippen LogP contribution in [-0.4, -0.2) is 32.9 Å². The molecule has 1 saturated carbocycles. The molecule has 26 heavy (non-hydrogen) atoms. The summed E-state index contributed by atoms with van der Waals surface area (Å²) in [5.41, 5.74) is 2.31. The van der Waals surface area contributed by atoms with Gasteiger partial charge in [0.05, 0.1) is 5.75 Å². The molecule has 0 bridgehead atoms. The van der Waals surface area contributed by atoms with E-state index in [1.54, 1.807) is 0 Å². The monoisotopic (exact) mass is 372 g/mol. The lowest BCUT2D eigenvalue weighted by Gasteiger charge is -2.34. The Bertz CT molecular complexity index is 728. The van der Waals surface area contributed by atoms with Crippen LogP contribution in [-0.2, 0) is 11.2 Å². The SMILES string of the molecule is CCc1ccc(-c2nc(SCC(=O)N[C@H]3CCC[C@@H](C)[C@@H]3C)n[nH]2)cc1. The van der Waals surface area contributed by atoms with Gasteiger partial charge in [-0.15, -0.1) is 5.10 Å². The predicted molar refractivity (Wildman–Crippen MR) is 106 cm³/mol. The second kappa shape index (κ2) is 8.71. The molecule has 3 atom stereocenters. The number of nitrogens with zero attached hydrogens (tertiary/aromatic N) is 2. The second-order valence-corrected chi connectivity index (χ2v) is 8.19. The van der Waals surface area contributed by atoms with Crippen molar-refractivity contribution in [2.45, 2.75) is 57.7 Å². The van der Waals surface area contributed by atoms with Crippen LogP contribution in [0.5, 0.6) is 0 Å². The highest BCUT2D eigenvalue weighted by atomic mass is 32.2. The van der Waals surface area contributed by atoms with Gasteiger partial charge in [0.2, 0.25) is 11.1 Å². The highest BCUT2D eigenvalue weighted by molar-refractivity contribution is 7.99. The molecule has 1 aromatic heterocycles. The van der Waals surface area contributed by atoms with Crippen molar-refractivity contribution in [1.29, 1.82) is 0 Å². The van der Waals surface area contributed by atoms with Gasteiger partial charge < -0.3 is 5.32 Å². The molecule has 3 rings (SSSR count). The van der Waals surface area contributed by atoms with E-state index in [-0.39, 0.29) is 5.91 Å². The van der Waals surface area contributed by atoms with Gasteiger partial charge in [0.1, 0.15) is 0 Å². The largest absolute Gasteiger partial charge is 0.352 e. The van der Waals surface area contributed by atoms with Crippen molar-refractivity contribution >= 4 is 17.7 Å². The van der Waals surface area contributed by atoms with Crippen LogP contribution < -0.4 is 5.32 Å². The number of thioether (sulfide) groups is 1. The number of aromatic nitrogens is 3. The van der Waals surface area contributed by atoms with E-state index < -0.39 is 0 Å². The molecule has 1 fully saturated rings. The quantitative estimate of drug-likeness (QED) is 0.750. The van der Waals surface area contributed by atoms with Crippen LogP contribution in [0.25, 0.3) is 11.4 Å². The maximum absolute atomic E-state index is 12.3. The van der Waals surface area contributed by atoms with E-state index in [9.17, 15) is 4.79 Å². The van der Waals surface area contributed by atoms with Gasteiger partial charge in [-0.3, -0.25) is 9.89 Å². The van der Waals surface area contributed by atoms with E-state index >= 15 is 0 Å². The zero-order valence-electron chi connectivity index (χ0n) is 15.8. The van der Waals surface area contributed by atoms with Crippen LogP contribution >= 0.6 is 11.8 Å². The van der Waals surface area contributed by atoms with E-state index in [4.69, 9.17) is 0 Å². The Morgan fingerprint density at radius 2 is 2.04 bits per heavy atom. The first-order valence-corrected chi connectivity index (χ1v) is 10.5. The summed E-state index contributed by atoms with van der Waals surface area (Å²) in [6.07, 6.45) is 4.57. The summed E-state index contributed by atoms with van der Waals surface area (Å²) in [6.45, 7) is 6.66. The molecule has 6 heteroatoms. The molecular formula is C20H28N4OS. The maximum Gasteiger partial charge on any atom is 0.230 e. The Morgan fingerprint density at radius 1 is 1.27 bits per heavy atom. The zero-order chi connectivity index (χ0) is 18.5. The van der Waals surface area contributed by atoms with Gasteiger partial charge >= 0.3 is 0 Å². The van der Waals surface area contributed by atoms with Crippen molar-refractivity contribution in [2.75, 3.05) is 5.75 Å². The molecule has 0 spiro atoms. The molecule has 2 N–H and O–H groups in total. The minimum Gasteiger partial charge on any atom is -0.352 e. The molecule has 1 aliphatic carbocycles. The van der Waals surface area contributed by atoms with E-state index in [1.807, 2.05) is 12.1 Å². The molecule has 0 aliphatic heterocycles. The smallest absolute Gasteiger partial charge is 0.230 e. The average Bonchev–Trinajstić information content (AvgIpc) is 3.13. The third kappa shape index (κ3) is 4.67. The molecule has 0 radical (unpaired) electrons. The number of benzene rings is 1. The van der Waals surface area contributed by atoms with Gasteiger partial charge in [0.25, 0.3) is 0 Å². The first-order valence-electron chi connectivity index (χ1n) is 9.50. The molecular weight excluding hydrogens is 344 g/mol. The van der Waals surface area contributed by atoms with Gasteiger partial charge in [-0.2, -0.15) is 0 Å². The summed E-state index contributed by atoms with van der Waals surface area (Å²) in [5, 5.41) is 11.0. The Morgan fingerprint density at radius 3 is 2.77 bits per heavy atom. The van der Waals surface area contributed by atoms with Gasteiger partial charge in [0.15, 0.2) is 5.82 Å². The number of carbonyl (C=O) groups is 1. The summed E-state index contributed by atoms with van der Waals surface area (Å²) in [6, 6.07) is 8.60. The van der Waals surface area contributed by atoms with Crippen molar-refractivity contribution in [1.82, 2.24) is 20.5 Å². The van der Waals surface area contributed by atoms with Crippen LogP contribution in [0.1, 0.15) is 45.6 Å². The Kier molecular flexibility index (Phi) is 6.35. The highest BCUT2D eigenvalue weighted by Gasteiger charge is 2.28. The molecule has 140 valence electrons. The van der Waals surface area contributed by atoms with Gasteiger partial charge in [0, 0.05) is 11.6 Å². The summed E-state index contributed by atoms with van der Waals surface area (Å²) in [4.78, 5) is 16.8. The predicted octanol–water partition coefficient (Wildman–Crippen LogP) is 4.07. The van der Waals surface area contributed by atoms with Crippen LogP contribution in [0.3, 0.4) is 0 Å². The Balaban J connectivity index is 1.51. The maximum atomic E-state index is 12.3. The Labute approximate surface area is 159 Å². The first kappa shape index (κ1) is 19.0. The van der Waals surface area contributed by atoms with Crippen molar-refractivity contribution in [3.63, 3.8) is 0 Å². The van der Waals surface area contributed by atoms with E-state index in [2.05, 4.69) is 53.4 Å². The minimum absolute atomic E-state index is 0.0691. The molecule has 5 nitrogen and oxygen atoms in total. The molecule has 1 heterocycles. The zero-order valence-corrected chi connectivity index (χ0v) is 16.6. The second-order valence-electron chi connectivity index (χ2n) is 7.25. The van der Waals surface area contributed by atoms with Crippen molar-refractivity contribution in [3.8, 4) is 11.4 Å². The third-order valence-electron chi connectivity index (χ3n) is 5.49. The number of H-pyrrole nitrogens is 1. The number of hydrogen-bond donors (Lipinski definition) is 2.